The zero-order valence-corrected chi connectivity index (χ0v) is 14.8. The van der Waals surface area contributed by atoms with E-state index in [4.69, 9.17) is 23.2 Å². The number of para-hydroxylation sites is 1. The number of carbonyl (C=O) groups is 2. The third-order valence-corrected chi connectivity index (χ3v) is 4.86. The number of hydrogen-bond donors (Lipinski definition) is 1. The molecule has 6 heteroatoms. The van der Waals surface area contributed by atoms with Crippen LogP contribution in [0.4, 0.5) is 5.69 Å². The summed E-state index contributed by atoms with van der Waals surface area (Å²) in [7, 11) is 0. The van der Waals surface area contributed by atoms with Crippen LogP contribution in [0.1, 0.15) is 39.0 Å². The summed E-state index contributed by atoms with van der Waals surface area (Å²) in [6.07, 6.45) is 5.18. The smallest absolute Gasteiger partial charge is 0.244 e. The SMILES string of the molecule is CCN(CC(=O)Nc1c(Cl)cccc1Cl)C(=O)CC1CCCC1. The molecule has 0 aromatic heterocycles. The van der Waals surface area contributed by atoms with E-state index >= 15 is 0 Å². The van der Waals surface area contributed by atoms with Gasteiger partial charge in [0.15, 0.2) is 0 Å². The maximum Gasteiger partial charge on any atom is 0.244 e. The highest BCUT2D eigenvalue weighted by Gasteiger charge is 2.23. The monoisotopic (exact) mass is 356 g/mol. The van der Waals surface area contributed by atoms with Crippen LogP contribution in [0.25, 0.3) is 0 Å². The van der Waals surface area contributed by atoms with Crippen LogP contribution in [0.3, 0.4) is 0 Å². The number of benzene rings is 1. The Hall–Kier alpha value is -1.26. The molecule has 23 heavy (non-hydrogen) atoms. The highest BCUT2D eigenvalue weighted by Crippen LogP contribution is 2.30. The van der Waals surface area contributed by atoms with E-state index < -0.39 is 0 Å². The lowest BCUT2D eigenvalue weighted by atomic mass is 10.0. The van der Waals surface area contributed by atoms with E-state index in [1.165, 1.54) is 12.8 Å². The molecule has 1 aromatic rings. The highest BCUT2D eigenvalue weighted by molar-refractivity contribution is 6.39. The number of amides is 2. The highest BCUT2D eigenvalue weighted by atomic mass is 35.5. The largest absolute Gasteiger partial charge is 0.334 e. The van der Waals surface area contributed by atoms with Gasteiger partial charge in [0.05, 0.1) is 22.3 Å². The molecule has 2 rings (SSSR count). The van der Waals surface area contributed by atoms with Gasteiger partial charge in [-0.15, -0.1) is 0 Å². The molecule has 0 aliphatic heterocycles. The van der Waals surface area contributed by atoms with E-state index in [0.717, 1.165) is 12.8 Å². The van der Waals surface area contributed by atoms with Gasteiger partial charge in [0.2, 0.25) is 11.8 Å². The minimum absolute atomic E-state index is 0.0175. The van der Waals surface area contributed by atoms with Crippen LogP contribution in [-0.4, -0.2) is 29.8 Å². The molecule has 0 radical (unpaired) electrons. The van der Waals surface area contributed by atoms with Crippen molar-refractivity contribution in [3.05, 3.63) is 28.2 Å². The van der Waals surface area contributed by atoms with Crippen LogP contribution in [0.15, 0.2) is 18.2 Å². The van der Waals surface area contributed by atoms with Gasteiger partial charge in [0, 0.05) is 13.0 Å². The van der Waals surface area contributed by atoms with Gasteiger partial charge in [0.25, 0.3) is 0 Å². The topological polar surface area (TPSA) is 49.4 Å². The average molecular weight is 357 g/mol. The summed E-state index contributed by atoms with van der Waals surface area (Å²) < 4.78 is 0. The standard InChI is InChI=1S/C17H22Cl2N2O2/c1-2-21(16(23)10-12-6-3-4-7-12)11-15(22)20-17-13(18)8-5-9-14(17)19/h5,8-9,12H,2-4,6-7,10-11H2,1H3,(H,20,22). The fraction of sp³-hybridized carbons (Fsp3) is 0.529. The van der Waals surface area contributed by atoms with E-state index in [1.54, 1.807) is 23.1 Å². The van der Waals surface area contributed by atoms with Crippen molar-refractivity contribution in [2.24, 2.45) is 5.92 Å². The number of nitrogens with zero attached hydrogens (tertiary/aromatic N) is 1. The lowest BCUT2D eigenvalue weighted by Crippen LogP contribution is -2.38. The van der Waals surface area contributed by atoms with Crippen LogP contribution in [0.2, 0.25) is 10.0 Å². The van der Waals surface area contributed by atoms with Crippen LogP contribution >= 0.6 is 23.2 Å². The minimum atomic E-state index is -0.290. The first-order valence-electron chi connectivity index (χ1n) is 8.03. The number of nitrogens with one attached hydrogen (secondary N) is 1. The molecule has 1 aliphatic carbocycles. The first-order chi connectivity index (χ1) is 11.0. The van der Waals surface area contributed by atoms with Crippen molar-refractivity contribution in [3.8, 4) is 0 Å². The molecule has 1 aliphatic rings. The van der Waals surface area contributed by atoms with E-state index in [9.17, 15) is 9.59 Å². The molecule has 0 bridgehead atoms. The van der Waals surface area contributed by atoms with Crippen LogP contribution < -0.4 is 5.32 Å². The molecular weight excluding hydrogens is 335 g/mol. The first kappa shape index (κ1) is 18.1. The van der Waals surface area contributed by atoms with Crippen LogP contribution in [-0.2, 0) is 9.59 Å². The molecule has 1 aromatic carbocycles. The van der Waals surface area contributed by atoms with Crippen molar-refractivity contribution >= 4 is 40.7 Å². The fourth-order valence-electron chi connectivity index (χ4n) is 2.94. The van der Waals surface area contributed by atoms with Crippen molar-refractivity contribution in [3.63, 3.8) is 0 Å². The second-order valence-corrected chi connectivity index (χ2v) is 6.72. The van der Waals surface area contributed by atoms with Gasteiger partial charge in [0.1, 0.15) is 0 Å². The third-order valence-electron chi connectivity index (χ3n) is 4.23. The molecule has 0 unspecified atom stereocenters. The van der Waals surface area contributed by atoms with Gasteiger partial charge in [-0.05, 0) is 37.8 Å². The van der Waals surface area contributed by atoms with Crippen molar-refractivity contribution < 1.29 is 9.59 Å². The summed E-state index contributed by atoms with van der Waals surface area (Å²) >= 11 is 12.1. The first-order valence-corrected chi connectivity index (χ1v) is 8.78. The lowest BCUT2D eigenvalue weighted by Gasteiger charge is -2.22. The van der Waals surface area contributed by atoms with Gasteiger partial charge in [-0.1, -0.05) is 42.1 Å². The van der Waals surface area contributed by atoms with Gasteiger partial charge in [-0.2, -0.15) is 0 Å². The Morgan fingerprint density at radius 2 is 1.83 bits per heavy atom. The Morgan fingerprint density at radius 3 is 2.39 bits per heavy atom. The van der Waals surface area contributed by atoms with Crippen molar-refractivity contribution in [1.82, 2.24) is 4.90 Å². The quantitative estimate of drug-likeness (QED) is 0.822. The number of anilines is 1. The molecule has 1 saturated carbocycles. The Labute approximate surface area is 147 Å². The van der Waals surface area contributed by atoms with E-state index in [-0.39, 0.29) is 18.4 Å². The van der Waals surface area contributed by atoms with Crippen molar-refractivity contribution in [1.29, 1.82) is 0 Å². The molecular formula is C17H22Cl2N2O2. The molecule has 0 saturated heterocycles. The maximum atomic E-state index is 12.3. The van der Waals surface area contributed by atoms with Crippen LogP contribution in [0, 0.1) is 5.92 Å². The van der Waals surface area contributed by atoms with E-state index in [2.05, 4.69) is 5.32 Å². The fourth-order valence-corrected chi connectivity index (χ4v) is 3.43. The molecule has 2 amide bonds. The lowest BCUT2D eigenvalue weighted by molar-refractivity contribution is -0.135. The number of hydrogen-bond acceptors (Lipinski definition) is 2. The molecule has 4 nitrogen and oxygen atoms in total. The van der Waals surface area contributed by atoms with Gasteiger partial charge < -0.3 is 10.2 Å². The summed E-state index contributed by atoms with van der Waals surface area (Å²) in [6.45, 7) is 2.40. The zero-order valence-electron chi connectivity index (χ0n) is 13.3. The number of rotatable bonds is 6. The second-order valence-electron chi connectivity index (χ2n) is 5.91. The van der Waals surface area contributed by atoms with Gasteiger partial charge >= 0.3 is 0 Å². The Bertz CT molecular complexity index is 551. The predicted octanol–water partition coefficient (Wildman–Crippen LogP) is 4.36. The molecule has 1 fully saturated rings. The molecule has 0 atom stereocenters. The van der Waals surface area contributed by atoms with Crippen molar-refractivity contribution in [2.45, 2.75) is 39.0 Å². The third kappa shape index (κ3) is 5.11. The zero-order chi connectivity index (χ0) is 16.8. The maximum absolute atomic E-state index is 12.3. The summed E-state index contributed by atoms with van der Waals surface area (Å²) in [4.78, 5) is 26.1. The number of likely N-dealkylation sites (N-methyl/N-ethyl adjacent to an activating group) is 1. The number of carbonyl (C=O) groups excluding carboxylic acids is 2. The summed E-state index contributed by atoms with van der Waals surface area (Å²) in [6, 6.07) is 5.03. The second kappa shape index (κ2) is 8.55. The van der Waals surface area contributed by atoms with Gasteiger partial charge in [-0.25, -0.2) is 0 Å². The average Bonchev–Trinajstić information content (AvgIpc) is 3.01. The van der Waals surface area contributed by atoms with E-state index in [0.29, 0.717) is 34.6 Å². The number of halogens is 2. The molecule has 0 spiro atoms. The summed E-state index contributed by atoms with van der Waals surface area (Å²) in [5.41, 5.74) is 0.389. The summed E-state index contributed by atoms with van der Waals surface area (Å²) in [5.74, 6) is 0.221. The Kier molecular flexibility index (Phi) is 6.72. The van der Waals surface area contributed by atoms with Gasteiger partial charge in [-0.3, -0.25) is 9.59 Å². The van der Waals surface area contributed by atoms with Crippen molar-refractivity contribution in [2.75, 3.05) is 18.4 Å². The van der Waals surface area contributed by atoms with E-state index in [1.807, 2.05) is 6.92 Å². The Morgan fingerprint density at radius 1 is 1.22 bits per heavy atom. The summed E-state index contributed by atoms with van der Waals surface area (Å²) in [5, 5.41) is 3.46. The minimum Gasteiger partial charge on any atom is -0.334 e. The normalized spacial score (nSPS) is 14.7. The Balaban J connectivity index is 1.92. The molecule has 0 heterocycles. The molecule has 126 valence electrons. The molecule has 1 N–H and O–H groups in total. The predicted molar refractivity (Wildman–Crippen MR) is 93.9 cm³/mol. The van der Waals surface area contributed by atoms with Crippen LogP contribution in [0.5, 0.6) is 0 Å².